The third kappa shape index (κ3) is 3.00. The Morgan fingerprint density at radius 1 is 0.800 bits per heavy atom. The Morgan fingerprint density at radius 2 is 1.60 bits per heavy atom. The Bertz CT molecular complexity index is 689. The number of hydrogen-bond donors (Lipinski definition) is 0. The van der Waals surface area contributed by atoms with Crippen molar-refractivity contribution >= 4 is 10.9 Å². The van der Waals surface area contributed by atoms with E-state index in [2.05, 4.69) is 15.2 Å². The number of aromatic nitrogens is 3. The highest BCUT2D eigenvalue weighted by atomic mass is 16.5. The Balaban J connectivity index is 1.55. The van der Waals surface area contributed by atoms with Gasteiger partial charge in [-0.05, 0) is 30.3 Å². The summed E-state index contributed by atoms with van der Waals surface area (Å²) >= 11 is 0. The van der Waals surface area contributed by atoms with Crippen LogP contribution in [0, 0.1) is 0 Å². The number of benzene rings is 1. The maximum atomic E-state index is 5.63. The fourth-order valence-corrected chi connectivity index (χ4v) is 1.80. The second-order valence-electron chi connectivity index (χ2n) is 4.13. The van der Waals surface area contributed by atoms with Gasteiger partial charge in [-0.25, -0.2) is 0 Å². The highest BCUT2D eigenvalue weighted by Crippen LogP contribution is 2.18. The zero-order valence-corrected chi connectivity index (χ0v) is 10.8. The lowest BCUT2D eigenvalue weighted by Crippen LogP contribution is -2.08. The molecule has 100 valence electrons. The van der Waals surface area contributed by atoms with Crippen LogP contribution in [0.3, 0.4) is 0 Å². The van der Waals surface area contributed by atoms with Gasteiger partial charge >= 0.3 is 0 Å². The summed E-state index contributed by atoms with van der Waals surface area (Å²) in [6.45, 7) is 0.941. The monoisotopic (exact) mass is 267 g/mol. The number of hydrogen-bond acceptors (Lipinski definition) is 5. The predicted molar refractivity (Wildman–Crippen MR) is 74.8 cm³/mol. The van der Waals surface area contributed by atoms with Crippen molar-refractivity contribution in [3.63, 3.8) is 0 Å². The summed E-state index contributed by atoms with van der Waals surface area (Å²) in [5, 5.41) is 8.95. The number of ether oxygens (including phenoxy) is 2. The number of pyridine rings is 1. The van der Waals surface area contributed by atoms with Gasteiger partial charge in [-0.1, -0.05) is 0 Å². The lowest BCUT2D eigenvalue weighted by molar-refractivity contribution is 0.217. The second-order valence-corrected chi connectivity index (χ2v) is 4.13. The van der Waals surface area contributed by atoms with Crippen molar-refractivity contribution in [1.82, 2.24) is 15.2 Å². The Kier molecular flexibility index (Phi) is 3.68. The first kappa shape index (κ1) is 12.3. The zero-order chi connectivity index (χ0) is 13.6. The molecule has 2 heterocycles. The lowest BCUT2D eigenvalue weighted by atomic mass is 10.2. The van der Waals surface area contributed by atoms with Gasteiger partial charge in [0.1, 0.15) is 24.7 Å². The summed E-state index contributed by atoms with van der Waals surface area (Å²) < 4.78 is 11.1. The molecule has 0 amide bonds. The molecule has 1 aromatic carbocycles. The minimum Gasteiger partial charge on any atom is -0.490 e. The molecular weight excluding hydrogens is 254 g/mol. The van der Waals surface area contributed by atoms with E-state index < -0.39 is 0 Å². The molecule has 0 unspecified atom stereocenters. The van der Waals surface area contributed by atoms with E-state index in [4.69, 9.17) is 9.47 Å². The molecule has 3 rings (SSSR count). The zero-order valence-electron chi connectivity index (χ0n) is 10.8. The molecule has 0 bridgehead atoms. The van der Waals surface area contributed by atoms with Gasteiger partial charge in [0, 0.05) is 23.8 Å². The van der Waals surface area contributed by atoms with Crippen LogP contribution in [0.25, 0.3) is 10.9 Å². The molecule has 0 saturated heterocycles. The Labute approximate surface area is 116 Å². The average Bonchev–Trinajstić information content (AvgIpc) is 2.52. The van der Waals surface area contributed by atoms with E-state index >= 15 is 0 Å². The molecule has 0 radical (unpaired) electrons. The van der Waals surface area contributed by atoms with Crippen LogP contribution >= 0.6 is 0 Å². The first-order valence-corrected chi connectivity index (χ1v) is 6.29. The maximum absolute atomic E-state index is 5.63. The van der Waals surface area contributed by atoms with Gasteiger partial charge in [-0.2, -0.15) is 10.2 Å². The molecule has 20 heavy (non-hydrogen) atoms. The topological polar surface area (TPSA) is 57.1 Å². The summed E-state index contributed by atoms with van der Waals surface area (Å²) in [5.74, 6) is 1.55. The lowest BCUT2D eigenvalue weighted by Gasteiger charge is -2.08. The second kappa shape index (κ2) is 5.97. The van der Waals surface area contributed by atoms with Crippen LogP contribution in [-0.2, 0) is 0 Å². The van der Waals surface area contributed by atoms with Crippen LogP contribution in [0.5, 0.6) is 11.5 Å². The Hall–Kier alpha value is -2.69. The molecule has 0 saturated carbocycles. The molecule has 0 N–H and O–H groups in total. The van der Waals surface area contributed by atoms with E-state index in [9.17, 15) is 0 Å². The molecule has 0 aliphatic rings. The van der Waals surface area contributed by atoms with E-state index in [1.807, 2.05) is 36.4 Å². The maximum Gasteiger partial charge on any atom is 0.122 e. The molecular formula is C15H13N3O2. The third-order valence-corrected chi connectivity index (χ3v) is 2.76. The smallest absolute Gasteiger partial charge is 0.122 e. The molecule has 0 atom stereocenters. The number of fused-ring (bicyclic) bond motifs is 1. The number of rotatable bonds is 5. The minimum absolute atomic E-state index is 0.466. The van der Waals surface area contributed by atoms with Crippen molar-refractivity contribution in [3.05, 3.63) is 55.0 Å². The largest absolute Gasteiger partial charge is 0.490 e. The van der Waals surface area contributed by atoms with E-state index in [0.717, 1.165) is 22.4 Å². The fourth-order valence-electron chi connectivity index (χ4n) is 1.80. The van der Waals surface area contributed by atoms with Gasteiger partial charge < -0.3 is 9.47 Å². The normalized spacial score (nSPS) is 10.4. The number of nitrogens with zero attached hydrogens (tertiary/aromatic N) is 3. The molecule has 0 spiro atoms. The highest BCUT2D eigenvalue weighted by molar-refractivity contribution is 5.79. The van der Waals surface area contributed by atoms with Gasteiger partial charge in [0.2, 0.25) is 0 Å². The molecule has 5 nitrogen and oxygen atoms in total. The Morgan fingerprint density at radius 3 is 2.45 bits per heavy atom. The van der Waals surface area contributed by atoms with E-state index in [0.29, 0.717) is 13.2 Å². The van der Waals surface area contributed by atoms with E-state index in [-0.39, 0.29) is 0 Å². The van der Waals surface area contributed by atoms with Crippen molar-refractivity contribution in [2.75, 3.05) is 13.2 Å². The summed E-state index contributed by atoms with van der Waals surface area (Å²) in [6.07, 6.45) is 5.06. The summed E-state index contributed by atoms with van der Waals surface area (Å²) in [4.78, 5) is 3.93. The molecule has 3 aromatic rings. The van der Waals surface area contributed by atoms with Crippen LogP contribution < -0.4 is 9.47 Å². The molecule has 2 aromatic heterocycles. The van der Waals surface area contributed by atoms with Crippen molar-refractivity contribution in [1.29, 1.82) is 0 Å². The molecule has 0 aliphatic heterocycles. The predicted octanol–water partition coefficient (Wildman–Crippen LogP) is 2.48. The van der Waals surface area contributed by atoms with Gasteiger partial charge in [0.05, 0.1) is 11.7 Å². The van der Waals surface area contributed by atoms with Crippen molar-refractivity contribution in [2.24, 2.45) is 0 Å². The molecule has 0 aliphatic carbocycles. The van der Waals surface area contributed by atoms with Gasteiger partial charge in [0.15, 0.2) is 0 Å². The van der Waals surface area contributed by atoms with Crippen molar-refractivity contribution in [2.45, 2.75) is 0 Å². The van der Waals surface area contributed by atoms with Gasteiger partial charge in [-0.15, -0.1) is 0 Å². The summed E-state index contributed by atoms with van der Waals surface area (Å²) in [6, 6.07) is 11.3. The molecule has 0 fully saturated rings. The van der Waals surface area contributed by atoms with Gasteiger partial charge in [0.25, 0.3) is 0 Å². The molecule has 5 heteroatoms. The minimum atomic E-state index is 0.466. The van der Waals surface area contributed by atoms with Crippen LogP contribution in [0.1, 0.15) is 0 Å². The van der Waals surface area contributed by atoms with Gasteiger partial charge in [-0.3, -0.25) is 4.98 Å². The first-order valence-electron chi connectivity index (χ1n) is 6.29. The third-order valence-electron chi connectivity index (χ3n) is 2.76. The van der Waals surface area contributed by atoms with Crippen molar-refractivity contribution in [3.8, 4) is 11.5 Å². The highest BCUT2D eigenvalue weighted by Gasteiger charge is 1.99. The van der Waals surface area contributed by atoms with E-state index in [1.165, 1.54) is 0 Å². The van der Waals surface area contributed by atoms with Crippen molar-refractivity contribution < 1.29 is 9.47 Å². The SMILES string of the molecule is c1cc(OCCOc2ccc3ccnnc3c2)ccn1. The summed E-state index contributed by atoms with van der Waals surface area (Å²) in [7, 11) is 0. The quantitative estimate of drug-likeness (QED) is 0.665. The van der Waals surface area contributed by atoms with E-state index in [1.54, 1.807) is 18.6 Å². The standard InChI is InChI=1S/C15H13N3O2/c1-2-14(11-15-12(1)3-8-17-18-15)20-10-9-19-13-4-6-16-7-5-13/h1-8,11H,9-10H2. The average molecular weight is 267 g/mol. The first-order chi connectivity index (χ1) is 9.92. The van der Waals surface area contributed by atoms with Crippen LogP contribution in [0.4, 0.5) is 0 Å². The summed E-state index contributed by atoms with van der Waals surface area (Å²) in [5.41, 5.74) is 0.819. The van der Waals surface area contributed by atoms with Crippen LogP contribution in [0.2, 0.25) is 0 Å². The van der Waals surface area contributed by atoms with Crippen LogP contribution in [-0.4, -0.2) is 28.4 Å². The van der Waals surface area contributed by atoms with Crippen LogP contribution in [0.15, 0.2) is 55.0 Å². The fraction of sp³-hybridized carbons (Fsp3) is 0.133.